The van der Waals surface area contributed by atoms with Crippen LogP contribution in [0.4, 0.5) is 5.69 Å². The first-order chi connectivity index (χ1) is 14.7. The van der Waals surface area contributed by atoms with Crippen molar-refractivity contribution in [1.29, 1.82) is 0 Å². The van der Waals surface area contributed by atoms with Gasteiger partial charge in [-0.25, -0.2) is 0 Å². The molecule has 30 heavy (non-hydrogen) atoms. The van der Waals surface area contributed by atoms with Gasteiger partial charge in [0.1, 0.15) is 11.5 Å². The fourth-order valence-electron chi connectivity index (χ4n) is 2.85. The molecule has 4 aromatic rings. The predicted molar refractivity (Wildman–Crippen MR) is 112 cm³/mol. The molecule has 1 heterocycles. The minimum Gasteiger partial charge on any atom is -0.495 e. The van der Waals surface area contributed by atoms with Gasteiger partial charge in [-0.15, -0.1) is 0 Å². The van der Waals surface area contributed by atoms with E-state index in [0.29, 0.717) is 28.9 Å². The largest absolute Gasteiger partial charge is 0.495 e. The Bertz CT molecular complexity index is 1140. The second kappa shape index (κ2) is 8.91. The minimum absolute atomic E-state index is 0.150. The molecular formula is C23H19N3O4. The fraction of sp³-hybridized carbons (Fsp3) is 0.0870. The molecule has 7 nitrogen and oxygen atoms in total. The number of hydrogen-bond donors (Lipinski definition) is 1. The standard InChI is InChI=1S/C23H19N3O4/c1-28-20-13-6-5-12-19(20)24-21(27)15-29-18-11-7-10-17(14-18)22-25-23(30-26-22)16-8-3-2-4-9-16/h2-14H,15H2,1H3,(H,24,27). The zero-order valence-electron chi connectivity index (χ0n) is 16.2. The molecule has 150 valence electrons. The highest BCUT2D eigenvalue weighted by atomic mass is 16.5. The van der Waals surface area contributed by atoms with E-state index in [1.54, 1.807) is 37.4 Å². The monoisotopic (exact) mass is 401 g/mol. The number of anilines is 1. The highest BCUT2D eigenvalue weighted by molar-refractivity contribution is 5.93. The summed E-state index contributed by atoms with van der Waals surface area (Å²) in [6.45, 7) is -0.150. The quantitative estimate of drug-likeness (QED) is 0.493. The Balaban J connectivity index is 1.41. The predicted octanol–water partition coefficient (Wildman–Crippen LogP) is 4.43. The van der Waals surface area contributed by atoms with E-state index >= 15 is 0 Å². The van der Waals surface area contributed by atoms with E-state index < -0.39 is 0 Å². The van der Waals surface area contributed by atoms with Crippen molar-refractivity contribution in [3.05, 3.63) is 78.9 Å². The lowest BCUT2D eigenvalue weighted by atomic mass is 10.2. The first-order valence-electron chi connectivity index (χ1n) is 9.28. The molecular weight excluding hydrogens is 382 g/mol. The molecule has 0 saturated heterocycles. The van der Waals surface area contributed by atoms with Gasteiger partial charge in [0.25, 0.3) is 11.8 Å². The van der Waals surface area contributed by atoms with Crippen LogP contribution < -0.4 is 14.8 Å². The highest BCUT2D eigenvalue weighted by Gasteiger charge is 2.12. The second-order valence-corrected chi connectivity index (χ2v) is 6.35. The lowest BCUT2D eigenvalue weighted by Gasteiger charge is -2.10. The summed E-state index contributed by atoms with van der Waals surface area (Å²) < 4.78 is 16.2. The number of nitrogens with one attached hydrogen (secondary N) is 1. The van der Waals surface area contributed by atoms with Crippen LogP contribution in [0.1, 0.15) is 0 Å². The smallest absolute Gasteiger partial charge is 0.262 e. The zero-order chi connectivity index (χ0) is 20.8. The van der Waals surface area contributed by atoms with Gasteiger partial charge >= 0.3 is 0 Å². The van der Waals surface area contributed by atoms with E-state index in [-0.39, 0.29) is 12.5 Å². The summed E-state index contributed by atoms with van der Waals surface area (Å²) in [5, 5.41) is 6.81. The number of rotatable bonds is 7. The Morgan fingerprint density at radius 1 is 0.967 bits per heavy atom. The molecule has 0 atom stereocenters. The van der Waals surface area contributed by atoms with Crippen LogP contribution in [0.2, 0.25) is 0 Å². The molecule has 0 fully saturated rings. The van der Waals surface area contributed by atoms with Crippen LogP contribution in [0.5, 0.6) is 11.5 Å². The van der Waals surface area contributed by atoms with Crippen molar-refractivity contribution < 1.29 is 18.8 Å². The summed E-state index contributed by atoms with van der Waals surface area (Å²) in [7, 11) is 1.55. The van der Waals surface area contributed by atoms with Crippen molar-refractivity contribution in [2.45, 2.75) is 0 Å². The third kappa shape index (κ3) is 4.47. The zero-order valence-corrected chi connectivity index (χ0v) is 16.2. The first kappa shape index (κ1) is 19.2. The molecule has 3 aromatic carbocycles. The van der Waals surface area contributed by atoms with Crippen molar-refractivity contribution in [3.63, 3.8) is 0 Å². The average molecular weight is 401 g/mol. The Labute approximate surface area is 173 Å². The normalized spacial score (nSPS) is 10.4. The summed E-state index contributed by atoms with van der Waals surface area (Å²) in [4.78, 5) is 16.7. The molecule has 1 N–H and O–H groups in total. The Morgan fingerprint density at radius 3 is 2.57 bits per heavy atom. The van der Waals surface area contributed by atoms with Crippen LogP contribution >= 0.6 is 0 Å². The van der Waals surface area contributed by atoms with Crippen molar-refractivity contribution in [3.8, 4) is 34.3 Å². The van der Waals surface area contributed by atoms with E-state index in [9.17, 15) is 4.79 Å². The summed E-state index contributed by atoms with van der Waals surface area (Å²) in [5.74, 6) is 1.69. The van der Waals surface area contributed by atoms with Crippen LogP contribution in [-0.2, 0) is 4.79 Å². The van der Waals surface area contributed by atoms with Gasteiger partial charge in [0.15, 0.2) is 6.61 Å². The van der Waals surface area contributed by atoms with Gasteiger partial charge in [-0.2, -0.15) is 4.98 Å². The van der Waals surface area contributed by atoms with Gasteiger partial charge < -0.3 is 19.3 Å². The first-order valence-corrected chi connectivity index (χ1v) is 9.28. The summed E-state index contributed by atoms with van der Waals surface area (Å²) in [6.07, 6.45) is 0. The molecule has 0 spiro atoms. The number of ether oxygens (including phenoxy) is 2. The van der Waals surface area contributed by atoms with E-state index in [1.165, 1.54) is 0 Å². The molecule has 0 aliphatic carbocycles. The van der Waals surface area contributed by atoms with Crippen LogP contribution in [0.3, 0.4) is 0 Å². The number of carbonyl (C=O) groups is 1. The van der Waals surface area contributed by atoms with Crippen LogP contribution in [0.25, 0.3) is 22.8 Å². The number of nitrogens with zero attached hydrogens (tertiary/aromatic N) is 2. The molecule has 1 aromatic heterocycles. The van der Waals surface area contributed by atoms with Crippen molar-refractivity contribution >= 4 is 11.6 Å². The molecule has 0 aliphatic heterocycles. The third-order valence-corrected chi connectivity index (χ3v) is 4.29. The third-order valence-electron chi connectivity index (χ3n) is 4.29. The fourth-order valence-corrected chi connectivity index (χ4v) is 2.85. The van der Waals surface area contributed by atoms with Crippen molar-refractivity contribution in [2.24, 2.45) is 0 Å². The van der Waals surface area contributed by atoms with Gasteiger partial charge in [-0.05, 0) is 36.4 Å². The van der Waals surface area contributed by atoms with E-state index in [2.05, 4.69) is 15.5 Å². The maximum absolute atomic E-state index is 12.2. The van der Waals surface area contributed by atoms with Gasteiger partial charge in [-0.3, -0.25) is 4.79 Å². The number of para-hydroxylation sites is 2. The van der Waals surface area contributed by atoms with Crippen LogP contribution in [0, 0.1) is 0 Å². The van der Waals surface area contributed by atoms with Crippen molar-refractivity contribution in [1.82, 2.24) is 10.1 Å². The maximum Gasteiger partial charge on any atom is 0.262 e. The molecule has 0 unspecified atom stereocenters. The summed E-state index contributed by atoms with van der Waals surface area (Å²) >= 11 is 0. The molecule has 7 heteroatoms. The number of aromatic nitrogens is 2. The van der Waals surface area contributed by atoms with Crippen molar-refractivity contribution in [2.75, 3.05) is 19.0 Å². The average Bonchev–Trinajstić information content (AvgIpc) is 3.29. The Morgan fingerprint density at radius 2 is 1.73 bits per heavy atom. The van der Waals surface area contributed by atoms with Crippen LogP contribution in [-0.4, -0.2) is 29.8 Å². The molecule has 1 amide bonds. The SMILES string of the molecule is COc1ccccc1NC(=O)COc1cccc(-c2noc(-c3ccccc3)n2)c1. The number of carbonyl (C=O) groups excluding carboxylic acids is 1. The van der Waals surface area contributed by atoms with E-state index in [4.69, 9.17) is 14.0 Å². The molecule has 0 bridgehead atoms. The molecule has 0 radical (unpaired) electrons. The second-order valence-electron chi connectivity index (χ2n) is 6.35. The number of amides is 1. The Kier molecular flexibility index (Phi) is 5.70. The lowest BCUT2D eigenvalue weighted by Crippen LogP contribution is -2.20. The van der Waals surface area contributed by atoms with Gasteiger partial charge in [-0.1, -0.05) is 47.6 Å². The van der Waals surface area contributed by atoms with Crippen LogP contribution in [0.15, 0.2) is 83.4 Å². The van der Waals surface area contributed by atoms with Gasteiger partial charge in [0.2, 0.25) is 5.82 Å². The van der Waals surface area contributed by atoms with Gasteiger partial charge in [0.05, 0.1) is 12.8 Å². The highest BCUT2D eigenvalue weighted by Crippen LogP contribution is 2.25. The minimum atomic E-state index is -0.296. The summed E-state index contributed by atoms with van der Waals surface area (Å²) in [6, 6.07) is 23.9. The molecule has 0 aliphatic rings. The van der Waals surface area contributed by atoms with E-state index in [1.807, 2.05) is 48.5 Å². The number of benzene rings is 3. The number of methoxy groups -OCH3 is 1. The lowest BCUT2D eigenvalue weighted by molar-refractivity contribution is -0.118. The van der Waals surface area contributed by atoms with Gasteiger partial charge in [0, 0.05) is 11.1 Å². The molecule has 4 rings (SSSR count). The summed E-state index contributed by atoms with van der Waals surface area (Å²) in [5.41, 5.74) is 2.16. The number of hydrogen-bond acceptors (Lipinski definition) is 6. The van der Waals surface area contributed by atoms with E-state index in [0.717, 1.165) is 11.1 Å². The Hall–Kier alpha value is -4.13. The topological polar surface area (TPSA) is 86.5 Å². The molecule has 0 saturated carbocycles. The maximum atomic E-state index is 12.2.